The van der Waals surface area contributed by atoms with Crippen molar-refractivity contribution in [3.05, 3.63) is 76.7 Å². The highest BCUT2D eigenvalue weighted by Gasteiger charge is 2.21. The first kappa shape index (κ1) is 36.8. The number of allylic oxidation sites excluding steroid dienone is 4. The van der Waals surface area contributed by atoms with Crippen LogP contribution in [-0.2, 0) is 52.2 Å². The van der Waals surface area contributed by atoms with Gasteiger partial charge in [-0.25, -0.2) is 13.1 Å². The molecule has 2 atom stereocenters. The number of azo groups is 1. The van der Waals surface area contributed by atoms with Crippen LogP contribution in [0.2, 0.25) is 0 Å². The van der Waals surface area contributed by atoms with Crippen LogP contribution >= 0.6 is 0 Å². The van der Waals surface area contributed by atoms with E-state index in [9.17, 15) is 39.8 Å². The third-order valence-electron chi connectivity index (χ3n) is 5.45. The summed E-state index contributed by atoms with van der Waals surface area (Å²) in [6.07, 6.45) is 7.96. The second kappa shape index (κ2) is 15.1. The molecule has 0 fully saturated rings. The Labute approximate surface area is 257 Å². The summed E-state index contributed by atoms with van der Waals surface area (Å²) in [7, 11) is -13.5. The van der Waals surface area contributed by atoms with Crippen molar-refractivity contribution in [2.75, 3.05) is 12.4 Å². The Morgan fingerprint density at radius 2 is 1.82 bits per heavy atom. The van der Waals surface area contributed by atoms with Crippen LogP contribution < -0.4 is 10.4 Å². The van der Waals surface area contributed by atoms with Crippen LogP contribution in [0.5, 0.6) is 5.88 Å². The summed E-state index contributed by atoms with van der Waals surface area (Å²) < 4.78 is 105. The lowest BCUT2D eigenvalue weighted by Gasteiger charge is -2.10. The fourth-order valence-electron chi connectivity index (χ4n) is 3.68. The predicted molar refractivity (Wildman–Crippen MR) is 168 cm³/mol. The van der Waals surface area contributed by atoms with Gasteiger partial charge in [-0.15, -0.1) is 10.2 Å². The van der Waals surface area contributed by atoms with E-state index in [-0.39, 0.29) is 49.6 Å². The Bertz CT molecular complexity index is 1980. The Hall–Kier alpha value is -3.40. The van der Waals surface area contributed by atoms with E-state index in [0.29, 0.717) is 0 Å². The van der Waals surface area contributed by atoms with Crippen LogP contribution in [0.4, 0.5) is 11.4 Å². The predicted octanol–water partition coefficient (Wildman–Crippen LogP) is 2.04. The lowest BCUT2D eigenvalue weighted by atomic mass is 10.2. The molecule has 2 rings (SSSR count). The molecule has 0 saturated heterocycles. The van der Waals surface area contributed by atoms with E-state index < -0.39 is 58.9 Å². The third-order valence-corrected chi connectivity index (χ3v) is 9.27. The van der Waals surface area contributed by atoms with Gasteiger partial charge in [0.1, 0.15) is 32.7 Å². The number of aromatic hydroxyl groups is 1. The van der Waals surface area contributed by atoms with Crippen molar-refractivity contribution in [1.29, 1.82) is 0 Å². The quantitative estimate of drug-likeness (QED) is 0.0732. The van der Waals surface area contributed by atoms with Gasteiger partial charge in [-0.2, -0.15) is 21.9 Å². The van der Waals surface area contributed by atoms with E-state index in [1.54, 1.807) is 0 Å². The van der Waals surface area contributed by atoms with Crippen molar-refractivity contribution in [3.63, 3.8) is 0 Å². The summed E-state index contributed by atoms with van der Waals surface area (Å²) in [6, 6.07) is 2.42. The number of aromatic nitrogens is 2. The SMILES string of the molecule is C=C/C=C(\C=C/Cn1nc(C)c(/N=N/c2ccc(=C(/C=C)S(=C)(=O)O)/c(=C\C)c2S(=O)(=O)O)c1O)[S+]([O-])CCOS(=O)(=O)O. The first-order valence-electron chi connectivity index (χ1n) is 12.1. The Balaban J connectivity index is 2.48. The van der Waals surface area contributed by atoms with Gasteiger partial charge in [0.25, 0.3) is 10.1 Å². The molecule has 0 saturated carbocycles. The molecule has 240 valence electrons. The number of hydrogen-bond donors (Lipinski definition) is 4. The second-order valence-corrected chi connectivity index (χ2v) is 14.2. The van der Waals surface area contributed by atoms with Gasteiger partial charge < -0.3 is 14.2 Å². The molecule has 15 nitrogen and oxygen atoms in total. The van der Waals surface area contributed by atoms with Gasteiger partial charge in [0, 0.05) is 10.4 Å². The third kappa shape index (κ3) is 9.81. The van der Waals surface area contributed by atoms with E-state index in [4.69, 9.17) is 4.55 Å². The fraction of sp³-hybridized carbons (Fsp3) is 0.200. The molecule has 1 aromatic heterocycles. The van der Waals surface area contributed by atoms with Crippen LogP contribution in [0.1, 0.15) is 12.6 Å². The van der Waals surface area contributed by atoms with Crippen molar-refractivity contribution in [2.45, 2.75) is 25.3 Å². The van der Waals surface area contributed by atoms with Crippen LogP contribution in [0, 0.1) is 6.92 Å². The van der Waals surface area contributed by atoms with Crippen LogP contribution in [0.15, 0.2) is 75.7 Å². The number of hydrogen-bond acceptors (Lipinski definition) is 11. The monoisotopic (exact) mass is 690 g/mol. The molecule has 0 amide bonds. The highest BCUT2D eigenvalue weighted by atomic mass is 32.3. The molecule has 2 aromatic rings. The zero-order chi connectivity index (χ0) is 33.5. The summed E-state index contributed by atoms with van der Waals surface area (Å²) in [5, 5.41) is 22.5. The molecule has 2 unspecified atom stereocenters. The van der Waals surface area contributed by atoms with Gasteiger partial charge in [-0.05, 0) is 49.1 Å². The summed E-state index contributed by atoms with van der Waals surface area (Å²) in [4.78, 5) is -0.768. The average molecular weight is 691 g/mol. The zero-order valence-electron chi connectivity index (χ0n) is 23.4. The molecule has 0 aliphatic rings. The van der Waals surface area contributed by atoms with Crippen molar-refractivity contribution >= 4 is 69.7 Å². The molecule has 0 aliphatic heterocycles. The maximum atomic E-state index is 12.5. The zero-order valence-corrected chi connectivity index (χ0v) is 26.7. The fourth-order valence-corrected chi connectivity index (χ4v) is 6.71. The van der Waals surface area contributed by atoms with Crippen LogP contribution in [-0.4, -0.2) is 72.4 Å². The van der Waals surface area contributed by atoms with E-state index in [1.165, 1.54) is 50.3 Å². The molecule has 0 bridgehead atoms. The van der Waals surface area contributed by atoms with E-state index in [2.05, 4.69) is 38.5 Å². The first-order chi connectivity index (χ1) is 20.3. The minimum Gasteiger partial charge on any atom is -0.611 e. The maximum absolute atomic E-state index is 12.5. The highest BCUT2D eigenvalue weighted by molar-refractivity contribution is 8.03. The molecule has 44 heavy (non-hydrogen) atoms. The maximum Gasteiger partial charge on any atom is 0.397 e. The molecular formula is C25H30N4O11S4. The van der Waals surface area contributed by atoms with Gasteiger partial charge in [0.15, 0.2) is 10.6 Å². The highest BCUT2D eigenvalue weighted by Crippen LogP contribution is 2.32. The van der Waals surface area contributed by atoms with Crippen molar-refractivity contribution in [2.24, 2.45) is 10.2 Å². The number of rotatable bonds is 14. The lowest BCUT2D eigenvalue weighted by molar-refractivity contribution is 0.284. The average Bonchev–Trinajstić information content (AvgIpc) is 3.16. The summed E-state index contributed by atoms with van der Waals surface area (Å²) in [5.74, 6) is 2.45. The standard InChI is InChI=1S/C25H30N4O11S4/c1-6-10-18(41(31)16-15-40-44(37,38)39)11-9-14-29-25(30)23(17(4)28-29)27-26-21-13-12-20(22(8-3)42(5,32)33)19(7-2)24(21)43(34,35)36/h6-13,30H,1,3,5,14-16H2,2,4H3,(H,32,33)(H,34,35,36)(H,37,38,39)/b11-9-,18-10+,19-7+,22-20+,27-26+. The normalized spacial score (nSPS) is 16.3. The Kier molecular flexibility index (Phi) is 12.6. The molecule has 0 spiro atoms. The largest absolute Gasteiger partial charge is 0.611 e. The van der Waals surface area contributed by atoms with Gasteiger partial charge in [0.2, 0.25) is 5.88 Å². The molecule has 4 N–H and O–H groups in total. The molecular weight excluding hydrogens is 661 g/mol. The summed E-state index contributed by atoms with van der Waals surface area (Å²) >= 11 is -1.74. The van der Waals surface area contributed by atoms with Crippen LogP contribution in [0.25, 0.3) is 11.0 Å². The topological polar surface area (TPSA) is 241 Å². The number of benzene rings is 1. The molecule has 0 aliphatic carbocycles. The minimum absolute atomic E-state index is 0.0352. The Morgan fingerprint density at radius 1 is 1.16 bits per heavy atom. The van der Waals surface area contributed by atoms with Crippen molar-refractivity contribution < 1.29 is 48.5 Å². The van der Waals surface area contributed by atoms with E-state index in [0.717, 1.165) is 16.8 Å². The van der Waals surface area contributed by atoms with Gasteiger partial charge in [-0.1, -0.05) is 43.5 Å². The first-order valence-corrected chi connectivity index (χ1v) is 17.9. The molecule has 19 heteroatoms. The number of aryl methyl sites for hydroxylation is 1. The molecule has 1 aromatic carbocycles. The smallest absolute Gasteiger partial charge is 0.397 e. The molecule has 0 radical (unpaired) electrons. The summed E-state index contributed by atoms with van der Waals surface area (Å²) in [5.41, 5.74) is -0.320. The van der Waals surface area contributed by atoms with E-state index in [1.807, 2.05) is 0 Å². The van der Waals surface area contributed by atoms with Crippen molar-refractivity contribution in [3.8, 4) is 5.88 Å². The summed E-state index contributed by atoms with van der Waals surface area (Å²) in [6.45, 7) is 9.32. The van der Waals surface area contributed by atoms with Crippen LogP contribution in [0.3, 0.4) is 0 Å². The number of nitrogens with zero attached hydrogens (tertiary/aromatic N) is 4. The van der Waals surface area contributed by atoms with E-state index >= 15 is 0 Å². The minimum atomic E-state index is -4.96. The van der Waals surface area contributed by atoms with Gasteiger partial charge in [0.05, 0.1) is 17.1 Å². The second-order valence-electron chi connectivity index (χ2n) is 8.49. The van der Waals surface area contributed by atoms with Gasteiger partial charge in [-0.3, -0.25) is 9.11 Å². The van der Waals surface area contributed by atoms with Gasteiger partial charge >= 0.3 is 10.4 Å². The Morgan fingerprint density at radius 3 is 2.34 bits per heavy atom. The molecule has 1 heterocycles. The lowest BCUT2D eigenvalue weighted by Crippen LogP contribution is -2.33. The van der Waals surface area contributed by atoms with Crippen molar-refractivity contribution in [1.82, 2.24) is 9.78 Å².